The lowest BCUT2D eigenvalue weighted by Crippen LogP contribution is -2.48. The van der Waals surface area contributed by atoms with E-state index in [1.165, 1.54) is 6.08 Å². The molecule has 1 fully saturated rings. The van der Waals surface area contributed by atoms with Crippen LogP contribution in [0.2, 0.25) is 0 Å². The van der Waals surface area contributed by atoms with Crippen molar-refractivity contribution in [3.8, 4) is 0 Å². The predicted octanol–water partition coefficient (Wildman–Crippen LogP) is 1.17. The van der Waals surface area contributed by atoms with E-state index < -0.39 is 5.97 Å². The maximum Gasteiger partial charge on any atom is 0.328 e. The predicted molar refractivity (Wildman–Crippen MR) is 57.8 cm³/mol. The van der Waals surface area contributed by atoms with Crippen LogP contribution in [-0.2, 0) is 9.53 Å². The SMILES string of the molecule is CC(=CC(=O)O)CNC1(C)CCOC1C. The number of carboxylic acids is 1. The quantitative estimate of drug-likeness (QED) is 0.688. The van der Waals surface area contributed by atoms with Gasteiger partial charge in [-0.25, -0.2) is 4.79 Å². The van der Waals surface area contributed by atoms with Crippen LogP contribution in [-0.4, -0.2) is 35.9 Å². The maximum absolute atomic E-state index is 10.4. The first-order valence-corrected chi connectivity index (χ1v) is 5.21. The summed E-state index contributed by atoms with van der Waals surface area (Å²) >= 11 is 0. The molecule has 2 unspecified atom stereocenters. The van der Waals surface area contributed by atoms with E-state index in [0.717, 1.165) is 18.6 Å². The first-order chi connectivity index (χ1) is 6.94. The van der Waals surface area contributed by atoms with Gasteiger partial charge in [-0.05, 0) is 27.2 Å². The van der Waals surface area contributed by atoms with E-state index in [9.17, 15) is 4.79 Å². The summed E-state index contributed by atoms with van der Waals surface area (Å²) < 4.78 is 5.48. The smallest absolute Gasteiger partial charge is 0.328 e. The van der Waals surface area contributed by atoms with Crippen LogP contribution in [0.3, 0.4) is 0 Å². The van der Waals surface area contributed by atoms with E-state index >= 15 is 0 Å². The number of carboxylic acid groups (broad SMARTS) is 1. The fourth-order valence-corrected chi connectivity index (χ4v) is 1.67. The summed E-state index contributed by atoms with van der Waals surface area (Å²) in [6, 6.07) is 0. The summed E-state index contributed by atoms with van der Waals surface area (Å²) in [5.74, 6) is -0.893. The van der Waals surface area contributed by atoms with Crippen molar-refractivity contribution in [1.82, 2.24) is 5.32 Å². The van der Waals surface area contributed by atoms with E-state index in [2.05, 4.69) is 12.2 Å². The third-order valence-corrected chi connectivity index (χ3v) is 3.03. The highest BCUT2D eigenvalue weighted by atomic mass is 16.5. The van der Waals surface area contributed by atoms with Crippen molar-refractivity contribution in [2.45, 2.75) is 38.8 Å². The lowest BCUT2D eigenvalue weighted by molar-refractivity contribution is -0.131. The fourth-order valence-electron chi connectivity index (χ4n) is 1.67. The molecule has 15 heavy (non-hydrogen) atoms. The molecule has 0 spiro atoms. The average molecular weight is 213 g/mol. The Hall–Kier alpha value is -0.870. The molecule has 1 heterocycles. The van der Waals surface area contributed by atoms with Gasteiger partial charge in [0, 0.05) is 24.8 Å². The molecule has 0 saturated carbocycles. The van der Waals surface area contributed by atoms with Crippen LogP contribution >= 0.6 is 0 Å². The summed E-state index contributed by atoms with van der Waals surface area (Å²) in [6.07, 6.45) is 2.38. The number of hydrogen-bond acceptors (Lipinski definition) is 3. The largest absolute Gasteiger partial charge is 0.478 e. The molecule has 2 atom stereocenters. The molecule has 0 aromatic rings. The van der Waals surface area contributed by atoms with Gasteiger partial charge in [0.1, 0.15) is 0 Å². The molecule has 4 nitrogen and oxygen atoms in total. The molecule has 0 amide bonds. The lowest BCUT2D eigenvalue weighted by Gasteiger charge is -2.29. The van der Waals surface area contributed by atoms with Crippen LogP contribution in [0.15, 0.2) is 11.6 Å². The summed E-state index contributed by atoms with van der Waals surface area (Å²) in [7, 11) is 0. The monoisotopic (exact) mass is 213 g/mol. The van der Waals surface area contributed by atoms with Crippen molar-refractivity contribution in [1.29, 1.82) is 0 Å². The van der Waals surface area contributed by atoms with Gasteiger partial charge < -0.3 is 15.2 Å². The molecule has 4 heteroatoms. The highest BCUT2D eigenvalue weighted by Crippen LogP contribution is 2.24. The summed E-state index contributed by atoms with van der Waals surface area (Å²) in [5.41, 5.74) is 0.788. The van der Waals surface area contributed by atoms with Gasteiger partial charge in [0.2, 0.25) is 0 Å². The molecule has 86 valence electrons. The third-order valence-electron chi connectivity index (χ3n) is 3.03. The number of nitrogens with one attached hydrogen (secondary N) is 1. The minimum absolute atomic E-state index is 0.0341. The Morgan fingerprint density at radius 2 is 2.40 bits per heavy atom. The van der Waals surface area contributed by atoms with Crippen LogP contribution < -0.4 is 5.32 Å². The highest BCUT2D eigenvalue weighted by Gasteiger charge is 2.36. The van der Waals surface area contributed by atoms with Crippen molar-refractivity contribution in [3.63, 3.8) is 0 Å². The van der Waals surface area contributed by atoms with Crippen molar-refractivity contribution in [3.05, 3.63) is 11.6 Å². The molecule has 1 rings (SSSR count). The van der Waals surface area contributed by atoms with Gasteiger partial charge in [-0.2, -0.15) is 0 Å². The Morgan fingerprint density at radius 3 is 2.87 bits per heavy atom. The van der Waals surface area contributed by atoms with Gasteiger partial charge in [-0.3, -0.25) is 0 Å². The highest BCUT2D eigenvalue weighted by molar-refractivity contribution is 5.80. The first kappa shape index (κ1) is 12.2. The number of aliphatic carboxylic acids is 1. The number of carbonyl (C=O) groups is 1. The van der Waals surface area contributed by atoms with Crippen LogP contribution in [0.4, 0.5) is 0 Å². The Balaban J connectivity index is 2.46. The second kappa shape index (κ2) is 4.77. The second-order valence-electron chi connectivity index (χ2n) is 4.36. The zero-order valence-electron chi connectivity index (χ0n) is 9.54. The molecule has 0 aliphatic carbocycles. The standard InChI is InChI=1S/C11H19NO3/c1-8(6-10(13)14)7-12-11(3)4-5-15-9(11)2/h6,9,12H,4-5,7H2,1-3H3,(H,13,14). The number of hydrogen-bond donors (Lipinski definition) is 2. The van der Waals surface area contributed by atoms with Crippen molar-refractivity contribution in [2.75, 3.05) is 13.2 Å². The first-order valence-electron chi connectivity index (χ1n) is 5.21. The third kappa shape index (κ3) is 3.32. The van der Waals surface area contributed by atoms with Crippen LogP contribution in [0.1, 0.15) is 27.2 Å². The van der Waals surface area contributed by atoms with E-state index in [1.807, 2.05) is 13.8 Å². The normalized spacial score (nSPS) is 31.9. The molecule has 1 aliphatic rings. The lowest BCUT2D eigenvalue weighted by atomic mass is 9.94. The van der Waals surface area contributed by atoms with E-state index in [1.54, 1.807) is 0 Å². The maximum atomic E-state index is 10.4. The topological polar surface area (TPSA) is 58.6 Å². The Morgan fingerprint density at radius 1 is 1.73 bits per heavy atom. The molecule has 0 bridgehead atoms. The van der Waals surface area contributed by atoms with Crippen molar-refractivity contribution in [2.24, 2.45) is 0 Å². The van der Waals surface area contributed by atoms with Gasteiger partial charge >= 0.3 is 5.97 Å². The fraction of sp³-hybridized carbons (Fsp3) is 0.727. The second-order valence-corrected chi connectivity index (χ2v) is 4.36. The molecular weight excluding hydrogens is 194 g/mol. The molecule has 0 aromatic carbocycles. The Labute approximate surface area is 90.3 Å². The van der Waals surface area contributed by atoms with E-state index in [0.29, 0.717) is 6.54 Å². The summed E-state index contributed by atoms with van der Waals surface area (Å²) in [6.45, 7) is 7.32. The van der Waals surface area contributed by atoms with Crippen molar-refractivity contribution >= 4 is 5.97 Å². The molecule has 1 saturated heterocycles. The van der Waals surface area contributed by atoms with E-state index in [4.69, 9.17) is 9.84 Å². The molecule has 2 N–H and O–H groups in total. The zero-order chi connectivity index (χ0) is 11.5. The van der Waals surface area contributed by atoms with Crippen LogP contribution in [0.5, 0.6) is 0 Å². The van der Waals surface area contributed by atoms with Gasteiger partial charge in [0.25, 0.3) is 0 Å². The minimum atomic E-state index is -0.893. The van der Waals surface area contributed by atoms with Gasteiger partial charge in [-0.15, -0.1) is 0 Å². The van der Waals surface area contributed by atoms with Gasteiger partial charge in [0.15, 0.2) is 0 Å². The van der Waals surface area contributed by atoms with Crippen LogP contribution in [0.25, 0.3) is 0 Å². The Bertz CT molecular complexity index is 275. The molecule has 0 aromatic heterocycles. The van der Waals surface area contributed by atoms with Crippen LogP contribution in [0, 0.1) is 0 Å². The van der Waals surface area contributed by atoms with Crippen molar-refractivity contribution < 1.29 is 14.6 Å². The number of rotatable bonds is 4. The summed E-state index contributed by atoms with van der Waals surface area (Å²) in [5, 5.41) is 11.9. The summed E-state index contributed by atoms with van der Waals surface area (Å²) in [4.78, 5) is 10.4. The average Bonchev–Trinajstić information content (AvgIpc) is 2.44. The molecule has 0 radical (unpaired) electrons. The van der Waals surface area contributed by atoms with Gasteiger partial charge in [-0.1, -0.05) is 5.57 Å². The van der Waals surface area contributed by atoms with Gasteiger partial charge in [0.05, 0.1) is 6.10 Å². The Kier molecular flexibility index (Phi) is 3.88. The van der Waals surface area contributed by atoms with E-state index in [-0.39, 0.29) is 11.6 Å². The zero-order valence-corrected chi connectivity index (χ0v) is 9.54. The number of ether oxygens (including phenoxy) is 1. The molecular formula is C11H19NO3. The minimum Gasteiger partial charge on any atom is -0.478 e. The molecule has 1 aliphatic heterocycles.